The number of rotatable bonds is 6. The molecule has 0 aliphatic carbocycles. The van der Waals surface area contributed by atoms with Crippen LogP contribution in [-0.4, -0.2) is 83.5 Å². The molecule has 170 valence electrons. The average Bonchev–Trinajstić information content (AvgIpc) is 2.48. The summed E-state index contributed by atoms with van der Waals surface area (Å²) in [5.41, 5.74) is 1.46. The Hall–Kier alpha value is -0.150. The Morgan fingerprint density at radius 2 is 1.43 bits per heavy atom. The van der Waals surface area contributed by atoms with Gasteiger partial charge in [0.1, 0.15) is 0 Å². The van der Waals surface area contributed by atoms with Gasteiger partial charge in [-0.05, 0) is 45.5 Å². The highest BCUT2D eigenvalue weighted by Crippen LogP contribution is 2.29. The number of fused-ring (bicyclic) bond motifs is 2. The molecule has 3 rings (SSSR count). The predicted octanol–water partition coefficient (Wildman–Crippen LogP) is 1.47. The molecule has 9 heteroatoms. The van der Waals surface area contributed by atoms with E-state index in [0.717, 1.165) is 18.6 Å². The van der Waals surface area contributed by atoms with Gasteiger partial charge in [0.15, 0.2) is 0 Å². The molecule has 0 radical (unpaired) electrons. The summed E-state index contributed by atoms with van der Waals surface area (Å²) in [6.07, 6.45) is 5.52. The van der Waals surface area contributed by atoms with Crippen molar-refractivity contribution < 1.29 is 16.4 Å². The Bertz CT molecular complexity index is 458. The molecule has 1 aromatic rings. The van der Waals surface area contributed by atoms with Gasteiger partial charge >= 0.3 is 0 Å². The number of halogens is 3. The van der Waals surface area contributed by atoms with Crippen LogP contribution in [0.3, 0.4) is 0 Å². The molecule has 0 aromatic heterocycles. The Balaban J connectivity index is -0.000000480. The molecule has 2 fully saturated rings. The van der Waals surface area contributed by atoms with E-state index < -0.39 is 0 Å². The van der Waals surface area contributed by atoms with Gasteiger partial charge in [-0.25, -0.2) is 0 Å². The van der Waals surface area contributed by atoms with E-state index in [0.29, 0.717) is 0 Å². The van der Waals surface area contributed by atoms with Gasteiger partial charge in [-0.1, -0.05) is 36.8 Å². The van der Waals surface area contributed by atoms with Crippen molar-refractivity contribution in [2.45, 2.75) is 44.3 Å². The Kier molecular flexibility index (Phi) is 22.3. The van der Waals surface area contributed by atoms with Gasteiger partial charge in [0.25, 0.3) is 0 Å². The van der Waals surface area contributed by atoms with Crippen LogP contribution >= 0.6 is 37.2 Å². The number of likely N-dealkylation sites (tertiary alicyclic amines) is 1. The van der Waals surface area contributed by atoms with Gasteiger partial charge < -0.3 is 21.3 Å². The number of piperidine rings is 1. The van der Waals surface area contributed by atoms with Crippen molar-refractivity contribution in [1.82, 2.24) is 14.7 Å². The summed E-state index contributed by atoms with van der Waals surface area (Å²) in [7, 11) is 4.36. The summed E-state index contributed by atoms with van der Waals surface area (Å²) in [5, 5.41) is 0. The third-order valence-corrected chi connectivity index (χ3v) is 5.22. The molecule has 2 saturated heterocycles. The van der Waals surface area contributed by atoms with Crippen molar-refractivity contribution in [2.75, 3.05) is 40.3 Å². The third-order valence-electron chi connectivity index (χ3n) is 5.22. The summed E-state index contributed by atoms with van der Waals surface area (Å²) in [5.74, 6) is 0. The molecular formula is C19H40Cl3N3O3. The highest BCUT2D eigenvalue weighted by atomic mass is 35.5. The minimum absolute atomic E-state index is 0. The van der Waals surface area contributed by atoms with E-state index >= 15 is 0 Å². The Morgan fingerprint density at radius 1 is 0.893 bits per heavy atom. The van der Waals surface area contributed by atoms with E-state index in [1.165, 1.54) is 57.4 Å². The molecule has 2 unspecified atom stereocenters. The van der Waals surface area contributed by atoms with Crippen LogP contribution in [-0.2, 0) is 6.54 Å². The lowest BCUT2D eigenvalue weighted by Crippen LogP contribution is -2.60. The zero-order valence-electron chi connectivity index (χ0n) is 17.0. The first kappa shape index (κ1) is 35.3. The molecule has 28 heavy (non-hydrogen) atoms. The van der Waals surface area contributed by atoms with Crippen LogP contribution in [0.4, 0.5) is 0 Å². The minimum Gasteiger partial charge on any atom is -0.412 e. The maximum Gasteiger partial charge on any atom is 0.0235 e. The van der Waals surface area contributed by atoms with Gasteiger partial charge in [-0.2, -0.15) is 0 Å². The standard InChI is InChI=1S/C19H31N3.3ClH.3H2O/c1-20(2)12-7-13-22-18-10-6-11-19(22)16-21(15-18)14-17-8-4-3-5-9-17;;;;;;/h3-5,8-9,18-19H,6-7,10-16H2,1-2H3;3*1H;3*1H2. The number of benzene rings is 1. The highest BCUT2D eigenvalue weighted by Gasteiger charge is 2.36. The molecule has 6 N–H and O–H groups in total. The van der Waals surface area contributed by atoms with Crippen LogP contribution in [0, 0.1) is 0 Å². The van der Waals surface area contributed by atoms with E-state index in [9.17, 15) is 0 Å². The predicted molar refractivity (Wildman–Crippen MR) is 126 cm³/mol. The Morgan fingerprint density at radius 3 is 1.93 bits per heavy atom. The van der Waals surface area contributed by atoms with Crippen LogP contribution < -0.4 is 0 Å². The molecule has 6 nitrogen and oxygen atoms in total. The van der Waals surface area contributed by atoms with Crippen LogP contribution in [0.1, 0.15) is 31.2 Å². The number of hydrogen-bond acceptors (Lipinski definition) is 3. The molecule has 0 amide bonds. The molecule has 1 aromatic carbocycles. The molecule has 2 atom stereocenters. The summed E-state index contributed by atoms with van der Waals surface area (Å²) in [4.78, 5) is 7.82. The second kappa shape index (κ2) is 17.7. The molecular weight excluding hydrogens is 425 g/mol. The van der Waals surface area contributed by atoms with Crippen molar-refractivity contribution in [1.29, 1.82) is 0 Å². The van der Waals surface area contributed by atoms with Crippen molar-refractivity contribution in [3.8, 4) is 0 Å². The average molecular weight is 465 g/mol. The molecule has 2 bridgehead atoms. The maximum absolute atomic E-state index is 2.83. The highest BCUT2D eigenvalue weighted by molar-refractivity contribution is 5.86. The normalized spacial score (nSPS) is 20.8. The SMILES string of the molecule is CN(C)CCCN1C2CCCC1CN(Cc1ccccc1)C2.Cl.Cl.Cl.O.O.O. The van der Waals surface area contributed by atoms with Crippen LogP contribution in [0.25, 0.3) is 0 Å². The topological polar surface area (TPSA) is 104 Å². The van der Waals surface area contributed by atoms with Crippen molar-refractivity contribution in [3.05, 3.63) is 35.9 Å². The van der Waals surface area contributed by atoms with E-state index in [1.54, 1.807) is 0 Å². The number of nitrogens with zero attached hydrogens (tertiary/aromatic N) is 3. The Labute approximate surface area is 188 Å². The van der Waals surface area contributed by atoms with Crippen LogP contribution in [0.15, 0.2) is 30.3 Å². The zero-order chi connectivity index (χ0) is 15.4. The summed E-state index contributed by atoms with van der Waals surface area (Å²) in [6, 6.07) is 12.5. The van der Waals surface area contributed by atoms with E-state index in [-0.39, 0.29) is 53.6 Å². The fraction of sp³-hybridized carbons (Fsp3) is 0.684. The second-order valence-corrected chi connectivity index (χ2v) is 7.31. The first-order chi connectivity index (χ1) is 10.7. The largest absolute Gasteiger partial charge is 0.412 e. The van der Waals surface area contributed by atoms with Crippen LogP contribution in [0.2, 0.25) is 0 Å². The minimum atomic E-state index is 0. The maximum atomic E-state index is 2.83. The zero-order valence-corrected chi connectivity index (χ0v) is 19.4. The molecule has 0 spiro atoms. The van der Waals surface area contributed by atoms with Crippen molar-refractivity contribution in [2.24, 2.45) is 0 Å². The van der Waals surface area contributed by atoms with Gasteiger partial charge in [-0.15, -0.1) is 37.2 Å². The lowest BCUT2D eigenvalue weighted by atomic mass is 9.90. The first-order valence-corrected chi connectivity index (χ1v) is 8.89. The number of piperazine rings is 1. The van der Waals surface area contributed by atoms with Gasteiger partial charge in [0.05, 0.1) is 0 Å². The van der Waals surface area contributed by atoms with E-state index in [2.05, 4.69) is 59.1 Å². The summed E-state index contributed by atoms with van der Waals surface area (Å²) < 4.78 is 0. The van der Waals surface area contributed by atoms with Crippen molar-refractivity contribution in [3.63, 3.8) is 0 Å². The molecule has 2 aliphatic rings. The van der Waals surface area contributed by atoms with Gasteiger partial charge in [0, 0.05) is 38.3 Å². The van der Waals surface area contributed by atoms with Crippen molar-refractivity contribution >= 4 is 37.2 Å². The second-order valence-electron chi connectivity index (χ2n) is 7.31. The fourth-order valence-corrected chi connectivity index (χ4v) is 4.19. The lowest BCUT2D eigenvalue weighted by molar-refractivity contribution is -0.0134. The quantitative estimate of drug-likeness (QED) is 0.636. The van der Waals surface area contributed by atoms with E-state index in [4.69, 9.17) is 0 Å². The third kappa shape index (κ3) is 10.1. The lowest BCUT2D eigenvalue weighted by Gasteiger charge is -2.50. The monoisotopic (exact) mass is 463 g/mol. The fourth-order valence-electron chi connectivity index (χ4n) is 4.19. The molecule has 2 aliphatic heterocycles. The van der Waals surface area contributed by atoms with Crippen LogP contribution in [0.5, 0.6) is 0 Å². The first-order valence-electron chi connectivity index (χ1n) is 8.89. The molecule has 2 heterocycles. The van der Waals surface area contributed by atoms with Gasteiger partial charge in [-0.3, -0.25) is 9.80 Å². The summed E-state index contributed by atoms with van der Waals surface area (Å²) in [6.45, 7) is 6.14. The number of hydrogen-bond donors (Lipinski definition) is 0. The van der Waals surface area contributed by atoms with E-state index in [1.807, 2.05) is 0 Å². The smallest absolute Gasteiger partial charge is 0.0235 e. The van der Waals surface area contributed by atoms with Gasteiger partial charge in [0.2, 0.25) is 0 Å². The summed E-state index contributed by atoms with van der Waals surface area (Å²) >= 11 is 0. The molecule has 0 saturated carbocycles.